The normalized spacial score (nSPS) is 17.7. The molecule has 102 valence electrons. The first kappa shape index (κ1) is 14.3. The van der Waals surface area contributed by atoms with Crippen molar-refractivity contribution in [1.82, 2.24) is 0 Å². The topological polar surface area (TPSA) is 54.4 Å². The minimum absolute atomic E-state index is 0.112. The van der Waals surface area contributed by atoms with Gasteiger partial charge >= 0.3 is 0 Å². The number of thioether (sulfide) groups is 1. The van der Waals surface area contributed by atoms with Crippen molar-refractivity contribution in [2.75, 3.05) is 6.26 Å². The molecule has 0 aromatic carbocycles. The zero-order valence-electron chi connectivity index (χ0n) is 11.1. The predicted octanol–water partition coefficient (Wildman–Crippen LogP) is 3.88. The molecule has 1 aliphatic rings. The maximum Gasteiger partial charge on any atom is 0.199 e. The summed E-state index contributed by atoms with van der Waals surface area (Å²) < 4.78 is 0.908. The van der Waals surface area contributed by atoms with Crippen LogP contribution in [0.3, 0.4) is 0 Å². The fraction of sp³-hybridized carbons (Fsp3) is 0.429. The van der Waals surface area contributed by atoms with Gasteiger partial charge in [-0.1, -0.05) is 13.8 Å². The van der Waals surface area contributed by atoms with Crippen LogP contribution in [-0.2, 0) is 6.42 Å². The molecular weight excluding hydrogens is 280 g/mol. The quantitative estimate of drug-likeness (QED) is 0.398. The maximum absolute atomic E-state index is 12.3. The standard InChI is InChI=1S/C14H16O3S2/c1-14(2)6-8-11(10(17)7-14)13(18-3)19-12(8)9(16)4-5-15/h4-5,15H,6-7H2,1-3H3/b5-4+. The first-order valence-electron chi connectivity index (χ1n) is 5.97. The third-order valence-electron chi connectivity index (χ3n) is 3.18. The molecule has 0 saturated heterocycles. The molecule has 0 bridgehead atoms. The molecule has 5 heteroatoms. The second-order valence-corrected chi connectivity index (χ2v) is 7.49. The molecule has 0 atom stereocenters. The Morgan fingerprint density at radius 2 is 2.11 bits per heavy atom. The zero-order chi connectivity index (χ0) is 14.2. The summed E-state index contributed by atoms with van der Waals surface area (Å²) in [7, 11) is 0. The molecule has 0 saturated carbocycles. The Morgan fingerprint density at radius 1 is 1.42 bits per heavy atom. The van der Waals surface area contributed by atoms with Gasteiger partial charge in [-0.05, 0) is 23.7 Å². The molecule has 0 radical (unpaired) electrons. The summed E-state index contributed by atoms with van der Waals surface area (Å²) in [5.74, 6) is -0.103. The molecule has 1 N–H and O–H groups in total. The van der Waals surface area contributed by atoms with E-state index in [1.165, 1.54) is 23.1 Å². The van der Waals surface area contributed by atoms with Gasteiger partial charge in [-0.15, -0.1) is 23.1 Å². The SMILES string of the molecule is CSc1sc(C(=O)/C=C/O)c2c1C(=O)CC(C)(C)C2. The number of rotatable bonds is 3. The lowest BCUT2D eigenvalue weighted by atomic mass is 9.74. The molecule has 0 aliphatic heterocycles. The van der Waals surface area contributed by atoms with Crippen molar-refractivity contribution < 1.29 is 14.7 Å². The number of thiophene rings is 1. The molecule has 0 amide bonds. The highest BCUT2D eigenvalue weighted by atomic mass is 32.2. The van der Waals surface area contributed by atoms with E-state index < -0.39 is 0 Å². The van der Waals surface area contributed by atoms with E-state index in [4.69, 9.17) is 5.11 Å². The Kier molecular flexibility index (Phi) is 3.87. The summed E-state index contributed by atoms with van der Waals surface area (Å²) in [6.07, 6.45) is 5.06. The van der Waals surface area contributed by atoms with E-state index >= 15 is 0 Å². The lowest BCUT2D eigenvalue weighted by Crippen LogP contribution is -2.27. The Bertz CT molecular complexity index is 567. The third-order valence-corrected chi connectivity index (χ3v) is 5.55. The van der Waals surface area contributed by atoms with Crippen molar-refractivity contribution in [2.24, 2.45) is 5.41 Å². The van der Waals surface area contributed by atoms with E-state index in [9.17, 15) is 9.59 Å². The van der Waals surface area contributed by atoms with Gasteiger partial charge in [0.25, 0.3) is 0 Å². The van der Waals surface area contributed by atoms with E-state index in [0.29, 0.717) is 11.3 Å². The minimum Gasteiger partial charge on any atom is -0.515 e. The van der Waals surface area contributed by atoms with E-state index in [-0.39, 0.29) is 17.0 Å². The van der Waals surface area contributed by atoms with Crippen LogP contribution in [-0.4, -0.2) is 22.9 Å². The fourth-order valence-corrected chi connectivity index (χ4v) is 4.46. The number of allylic oxidation sites excluding steroid dienone is 1. The van der Waals surface area contributed by atoms with E-state index in [1.807, 2.05) is 20.1 Å². The molecule has 1 aromatic rings. The minimum atomic E-state index is -0.227. The van der Waals surface area contributed by atoms with Gasteiger partial charge in [-0.2, -0.15) is 0 Å². The number of aliphatic hydroxyl groups is 1. The zero-order valence-corrected chi connectivity index (χ0v) is 12.8. The lowest BCUT2D eigenvalue weighted by Gasteiger charge is -2.29. The van der Waals surface area contributed by atoms with Gasteiger partial charge < -0.3 is 5.11 Å². The third kappa shape index (κ3) is 2.62. The molecule has 1 heterocycles. The molecule has 0 unspecified atom stereocenters. The van der Waals surface area contributed by atoms with Gasteiger partial charge in [0, 0.05) is 18.1 Å². The highest BCUT2D eigenvalue weighted by Gasteiger charge is 2.36. The largest absolute Gasteiger partial charge is 0.515 e. The second kappa shape index (κ2) is 5.13. The van der Waals surface area contributed by atoms with Crippen molar-refractivity contribution in [2.45, 2.75) is 30.9 Å². The number of ketones is 2. The van der Waals surface area contributed by atoms with E-state index in [0.717, 1.165) is 34.1 Å². The van der Waals surface area contributed by atoms with Crippen LogP contribution in [0.5, 0.6) is 0 Å². The van der Waals surface area contributed by atoms with Gasteiger partial charge in [-0.25, -0.2) is 0 Å². The van der Waals surface area contributed by atoms with Crippen LogP contribution >= 0.6 is 23.1 Å². The number of Topliss-reactive ketones (excluding diaryl/α,β-unsaturated/α-hetero) is 1. The molecule has 19 heavy (non-hydrogen) atoms. The van der Waals surface area contributed by atoms with Crippen molar-refractivity contribution >= 4 is 34.7 Å². The van der Waals surface area contributed by atoms with Crippen molar-refractivity contribution in [3.63, 3.8) is 0 Å². The van der Waals surface area contributed by atoms with Gasteiger partial charge in [0.1, 0.15) is 0 Å². The second-order valence-electron chi connectivity index (χ2n) is 5.40. The summed E-state index contributed by atoms with van der Waals surface area (Å²) >= 11 is 2.86. The van der Waals surface area contributed by atoms with E-state index in [1.54, 1.807) is 0 Å². The molecule has 2 rings (SSSR count). The molecule has 0 fully saturated rings. The van der Waals surface area contributed by atoms with Gasteiger partial charge in [-0.3, -0.25) is 9.59 Å². The van der Waals surface area contributed by atoms with Crippen LogP contribution in [0, 0.1) is 5.41 Å². The Hall–Kier alpha value is -1.07. The molecule has 1 aromatic heterocycles. The monoisotopic (exact) mass is 296 g/mol. The average Bonchev–Trinajstić information content (AvgIpc) is 2.66. The summed E-state index contributed by atoms with van der Waals surface area (Å²) in [5.41, 5.74) is 1.48. The number of hydrogen-bond acceptors (Lipinski definition) is 5. The summed E-state index contributed by atoms with van der Waals surface area (Å²) in [6.45, 7) is 4.08. The van der Waals surface area contributed by atoms with Crippen LogP contribution in [0.1, 0.15) is 45.9 Å². The average molecular weight is 296 g/mol. The lowest BCUT2D eigenvalue weighted by molar-refractivity contribution is 0.0910. The molecule has 0 spiro atoms. The van der Waals surface area contributed by atoms with Crippen LogP contribution in [0.4, 0.5) is 0 Å². The highest BCUT2D eigenvalue weighted by molar-refractivity contribution is 8.00. The van der Waals surface area contributed by atoms with Gasteiger partial charge in [0.2, 0.25) is 0 Å². The Morgan fingerprint density at radius 3 is 2.68 bits per heavy atom. The smallest absolute Gasteiger partial charge is 0.199 e. The van der Waals surface area contributed by atoms with Crippen LogP contribution in [0.15, 0.2) is 16.5 Å². The number of fused-ring (bicyclic) bond motifs is 1. The number of carbonyl (C=O) groups is 2. The number of aliphatic hydroxyl groups excluding tert-OH is 1. The highest BCUT2D eigenvalue weighted by Crippen LogP contribution is 2.44. The van der Waals surface area contributed by atoms with Crippen LogP contribution in [0.25, 0.3) is 0 Å². The summed E-state index contributed by atoms with van der Waals surface area (Å²) in [5, 5.41) is 8.75. The van der Waals surface area contributed by atoms with Gasteiger partial charge in [0.15, 0.2) is 11.6 Å². The fourth-order valence-electron chi connectivity index (χ4n) is 2.44. The summed E-state index contributed by atoms with van der Waals surface area (Å²) in [6, 6.07) is 0. The Labute approximate surface area is 120 Å². The Balaban J connectivity index is 2.60. The maximum atomic E-state index is 12.3. The number of hydrogen-bond donors (Lipinski definition) is 1. The molecule has 1 aliphatic carbocycles. The molecular formula is C14H16O3S2. The summed E-state index contributed by atoms with van der Waals surface area (Å²) in [4.78, 5) is 24.9. The van der Waals surface area contributed by atoms with Crippen LogP contribution in [0.2, 0.25) is 0 Å². The van der Waals surface area contributed by atoms with E-state index in [2.05, 4.69) is 0 Å². The molecule has 3 nitrogen and oxygen atoms in total. The first-order chi connectivity index (χ1) is 8.89. The van der Waals surface area contributed by atoms with Crippen molar-refractivity contribution in [1.29, 1.82) is 0 Å². The van der Waals surface area contributed by atoms with Crippen molar-refractivity contribution in [3.05, 3.63) is 28.3 Å². The number of carbonyl (C=O) groups excluding carboxylic acids is 2. The first-order valence-corrected chi connectivity index (χ1v) is 8.01. The van der Waals surface area contributed by atoms with Crippen molar-refractivity contribution in [3.8, 4) is 0 Å². The van der Waals surface area contributed by atoms with Crippen LogP contribution < -0.4 is 0 Å². The predicted molar refractivity (Wildman–Crippen MR) is 78.6 cm³/mol. The van der Waals surface area contributed by atoms with Gasteiger partial charge in [0.05, 0.1) is 15.3 Å².